The number of carbonyl (C=O) groups excluding carboxylic acids is 1. The van der Waals surface area contributed by atoms with Crippen molar-refractivity contribution >= 4 is 5.91 Å². The summed E-state index contributed by atoms with van der Waals surface area (Å²) in [6, 6.07) is 0. The lowest BCUT2D eigenvalue weighted by Crippen LogP contribution is -2.41. The predicted molar refractivity (Wildman–Crippen MR) is 64.4 cm³/mol. The van der Waals surface area contributed by atoms with E-state index in [1.165, 1.54) is 0 Å². The van der Waals surface area contributed by atoms with Crippen molar-refractivity contribution in [3.63, 3.8) is 0 Å². The minimum absolute atomic E-state index is 0.163. The molecule has 1 aliphatic carbocycles. The highest BCUT2D eigenvalue weighted by molar-refractivity contribution is 5.91. The monoisotopic (exact) mass is 238 g/mol. The largest absolute Gasteiger partial charge is 0.378 e. The molecule has 1 spiro atoms. The molecule has 4 heteroatoms. The molecule has 0 aromatic carbocycles. The van der Waals surface area contributed by atoms with E-state index in [0.29, 0.717) is 17.9 Å². The van der Waals surface area contributed by atoms with Crippen molar-refractivity contribution in [3.8, 4) is 0 Å². The molecule has 3 atom stereocenters. The summed E-state index contributed by atoms with van der Waals surface area (Å²) in [5.41, 5.74) is -0.163. The van der Waals surface area contributed by atoms with E-state index < -0.39 is 0 Å². The summed E-state index contributed by atoms with van der Waals surface area (Å²) in [6.07, 6.45) is 4.68. The van der Waals surface area contributed by atoms with Crippen molar-refractivity contribution in [2.24, 2.45) is 5.92 Å². The molecule has 0 aromatic rings. The molecule has 96 valence electrons. The summed E-state index contributed by atoms with van der Waals surface area (Å²) in [4.78, 5) is 14.4. The summed E-state index contributed by atoms with van der Waals surface area (Å²) in [5.74, 6) is 0.854. The minimum Gasteiger partial charge on any atom is -0.378 e. The van der Waals surface area contributed by atoms with Crippen molar-refractivity contribution in [1.29, 1.82) is 0 Å². The second-order valence-corrected chi connectivity index (χ2v) is 5.73. The first kappa shape index (κ1) is 11.5. The maximum atomic E-state index is 12.4. The Morgan fingerprint density at radius 2 is 2.29 bits per heavy atom. The molecule has 0 aromatic heterocycles. The van der Waals surface area contributed by atoms with Crippen LogP contribution in [0.5, 0.6) is 0 Å². The molecule has 3 aliphatic rings. The smallest absolute Gasteiger partial charge is 0.244 e. The number of carbonyl (C=O) groups is 1. The number of ether oxygens (including phenoxy) is 1. The summed E-state index contributed by atoms with van der Waals surface area (Å²) in [7, 11) is 0. The van der Waals surface area contributed by atoms with Crippen molar-refractivity contribution in [2.45, 2.75) is 57.3 Å². The van der Waals surface area contributed by atoms with Crippen LogP contribution in [-0.4, -0.2) is 41.8 Å². The van der Waals surface area contributed by atoms with Gasteiger partial charge in [0.15, 0.2) is 0 Å². The molecule has 2 heterocycles. The van der Waals surface area contributed by atoms with E-state index in [1.807, 2.05) is 0 Å². The van der Waals surface area contributed by atoms with Gasteiger partial charge >= 0.3 is 0 Å². The first-order valence-corrected chi connectivity index (χ1v) is 6.86. The SMILES string of the molecule is CCC1NC2(CC2)C(=O)N1CC1CCOC1C. The van der Waals surface area contributed by atoms with E-state index in [9.17, 15) is 4.79 Å². The fourth-order valence-corrected chi connectivity index (χ4v) is 3.16. The van der Waals surface area contributed by atoms with Gasteiger partial charge in [-0.3, -0.25) is 10.1 Å². The zero-order chi connectivity index (χ0) is 12.0. The van der Waals surface area contributed by atoms with Crippen LogP contribution in [0.25, 0.3) is 0 Å². The van der Waals surface area contributed by atoms with Gasteiger partial charge in [-0.05, 0) is 32.6 Å². The maximum absolute atomic E-state index is 12.4. The highest BCUT2D eigenvalue weighted by atomic mass is 16.5. The van der Waals surface area contributed by atoms with Gasteiger partial charge in [0.2, 0.25) is 5.91 Å². The van der Waals surface area contributed by atoms with E-state index in [0.717, 1.165) is 38.8 Å². The molecule has 2 saturated heterocycles. The Morgan fingerprint density at radius 3 is 2.82 bits per heavy atom. The van der Waals surface area contributed by atoms with Crippen LogP contribution in [-0.2, 0) is 9.53 Å². The van der Waals surface area contributed by atoms with Gasteiger partial charge in [0.25, 0.3) is 0 Å². The van der Waals surface area contributed by atoms with Crippen LogP contribution in [0.4, 0.5) is 0 Å². The Labute approximate surface area is 103 Å². The average Bonchev–Trinajstić information content (AvgIpc) is 2.93. The molecule has 0 radical (unpaired) electrons. The zero-order valence-corrected chi connectivity index (χ0v) is 10.7. The van der Waals surface area contributed by atoms with Crippen LogP contribution in [0.2, 0.25) is 0 Å². The Morgan fingerprint density at radius 1 is 1.53 bits per heavy atom. The molecular weight excluding hydrogens is 216 g/mol. The van der Waals surface area contributed by atoms with Gasteiger partial charge in [-0.15, -0.1) is 0 Å². The second-order valence-electron chi connectivity index (χ2n) is 5.73. The van der Waals surface area contributed by atoms with Gasteiger partial charge in [-0.1, -0.05) is 6.92 Å². The molecule has 4 nitrogen and oxygen atoms in total. The van der Waals surface area contributed by atoms with E-state index in [4.69, 9.17) is 4.74 Å². The molecule has 1 saturated carbocycles. The summed E-state index contributed by atoms with van der Waals surface area (Å²) < 4.78 is 5.59. The van der Waals surface area contributed by atoms with Crippen molar-refractivity contribution in [2.75, 3.05) is 13.2 Å². The van der Waals surface area contributed by atoms with Crippen LogP contribution in [0.15, 0.2) is 0 Å². The molecular formula is C13H22N2O2. The molecule has 2 aliphatic heterocycles. The third-order valence-electron chi connectivity index (χ3n) is 4.59. The standard InChI is InChI=1S/C13H22N2O2/c1-3-11-14-13(5-6-13)12(16)15(11)8-10-4-7-17-9(10)2/h9-11,14H,3-8H2,1-2H3. The fraction of sp³-hybridized carbons (Fsp3) is 0.923. The molecule has 1 amide bonds. The fourth-order valence-electron chi connectivity index (χ4n) is 3.16. The Kier molecular flexibility index (Phi) is 2.67. The van der Waals surface area contributed by atoms with Gasteiger partial charge in [-0.25, -0.2) is 0 Å². The molecule has 1 N–H and O–H groups in total. The summed E-state index contributed by atoms with van der Waals surface area (Å²) in [5, 5.41) is 3.52. The van der Waals surface area contributed by atoms with Crippen LogP contribution in [0, 0.1) is 5.92 Å². The Hall–Kier alpha value is -0.610. The Bertz CT molecular complexity index is 327. The van der Waals surface area contributed by atoms with E-state index >= 15 is 0 Å². The average molecular weight is 238 g/mol. The van der Waals surface area contributed by atoms with E-state index in [1.54, 1.807) is 0 Å². The minimum atomic E-state index is -0.163. The van der Waals surface area contributed by atoms with Crippen LogP contribution in [0.1, 0.15) is 39.5 Å². The number of hydrogen-bond donors (Lipinski definition) is 1. The molecule has 17 heavy (non-hydrogen) atoms. The van der Waals surface area contributed by atoms with Crippen molar-refractivity contribution < 1.29 is 9.53 Å². The van der Waals surface area contributed by atoms with Crippen molar-refractivity contribution in [3.05, 3.63) is 0 Å². The van der Waals surface area contributed by atoms with Gasteiger partial charge in [0.05, 0.1) is 17.8 Å². The quantitative estimate of drug-likeness (QED) is 0.801. The highest BCUT2D eigenvalue weighted by Crippen LogP contribution is 2.43. The predicted octanol–water partition coefficient (Wildman–Crippen LogP) is 1.11. The maximum Gasteiger partial charge on any atom is 0.244 e. The van der Waals surface area contributed by atoms with E-state index in [2.05, 4.69) is 24.1 Å². The molecule has 3 rings (SSSR count). The lowest BCUT2D eigenvalue weighted by atomic mass is 10.0. The third-order valence-corrected chi connectivity index (χ3v) is 4.59. The zero-order valence-electron chi connectivity index (χ0n) is 10.7. The number of amides is 1. The second kappa shape index (κ2) is 3.95. The third kappa shape index (κ3) is 1.78. The number of nitrogens with one attached hydrogen (secondary N) is 1. The molecule has 0 bridgehead atoms. The van der Waals surface area contributed by atoms with Crippen LogP contribution in [0.3, 0.4) is 0 Å². The normalized spacial score (nSPS) is 39.3. The van der Waals surface area contributed by atoms with Crippen LogP contribution >= 0.6 is 0 Å². The van der Waals surface area contributed by atoms with Gasteiger partial charge in [0.1, 0.15) is 0 Å². The molecule has 3 unspecified atom stereocenters. The number of nitrogens with zero attached hydrogens (tertiary/aromatic N) is 1. The molecule has 3 fully saturated rings. The van der Waals surface area contributed by atoms with Crippen LogP contribution < -0.4 is 5.32 Å². The lowest BCUT2D eigenvalue weighted by molar-refractivity contribution is -0.131. The summed E-state index contributed by atoms with van der Waals surface area (Å²) >= 11 is 0. The first-order chi connectivity index (χ1) is 8.16. The summed E-state index contributed by atoms with van der Waals surface area (Å²) in [6.45, 7) is 5.99. The van der Waals surface area contributed by atoms with Gasteiger partial charge in [-0.2, -0.15) is 0 Å². The Balaban J connectivity index is 1.70. The van der Waals surface area contributed by atoms with Gasteiger partial charge < -0.3 is 9.64 Å². The topological polar surface area (TPSA) is 41.6 Å². The number of hydrogen-bond acceptors (Lipinski definition) is 3. The number of rotatable bonds is 3. The van der Waals surface area contributed by atoms with Crippen molar-refractivity contribution in [1.82, 2.24) is 10.2 Å². The first-order valence-electron chi connectivity index (χ1n) is 6.86. The van der Waals surface area contributed by atoms with Gasteiger partial charge in [0, 0.05) is 19.1 Å². The lowest BCUT2D eigenvalue weighted by Gasteiger charge is -2.27. The highest BCUT2D eigenvalue weighted by Gasteiger charge is 2.58. The van der Waals surface area contributed by atoms with E-state index in [-0.39, 0.29) is 11.7 Å².